The summed E-state index contributed by atoms with van der Waals surface area (Å²) in [6, 6.07) is 3.68. The second-order valence-electron chi connectivity index (χ2n) is 2.54. The van der Waals surface area contributed by atoms with E-state index in [1.54, 1.807) is 13.2 Å². The lowest BCUT2D eigenvalue weighted by Gasteiger charge is -1.99. The summed E-state index contributed by atoms with van der Waals surface area (Å²) in [5.74, 6) is 0.437. The number of benzene rings is 1. The Morgan fingerprint density at radius 2 is 2.23 bits per heavy atom. The molecule has 1 heterocycles. The fourth-order valence-corrected chi connectivity index (χ4v) is 2.54. The highest BCUT2D eigenvalue weighted by molar-refractivity contribution is 14.1. The van der Waals surface area contributed by atoms with E-state index >= 15 is 0 Å². The first-order valence-corrected chi connectivity index (χ1v) is 5.59. The maximum absolute atomic E-state index is 13.6. The number of methoxy groups -OCH3 is 1. The molecular formula is C9H6FIOS. The molecule has 2 aromatic rings. The summed E-state index contributed by atoms with van der Waals surface area (Å²) in [7, 11) is 1.56. The highest BCUT2D eigenvalue weighted by Gasteiger charge is 2.11. The van der Waals surface area contributed by atoms with Crippen LogP contribution in [0, 0.1) is 9.39 Å². The number of fused-ring (bicyclic) bond motifs is 1. The van der Waals surface area contributed by atoms with Gasteiger partial charge in [0.1, 0.15) is 11.6 Å². The number of hydrogen-bond acceptors (Lipinski definition) is 2. The van der Waals surface area contributed by atoms with Gasteiger partial charge in [-0.15, -0.1) is 11.3 Å². The minimum atomic E-state index is -0.184. The Balaban J connectivity index is 2.85. The van der Waals surface area contributed by atoms with Crippen LogP contribution in [0.15, 0.2) is 17.5 Å². The molecule has 2 rings (SSSR count). The van der Waals surface area contributed by atoms with Crippen molar-refractivity contribution in [3.8, 4) is 5.75 Å². The second kappa shape index (κ2) is 3.42. The summed E-state index contributed by atoms with van der Waals surface area (Å²) < 4.78 is 20.2. The summed E-state index contributed by atoms with van der Waals surface area (Å²) in [5.41, 5.74) is 0. The van der Waals surface area contributed by atoms with Crippen molar-refractivity contribution in [1.82, 2.24) is 0 Å². The van der Waals surface area contributed by atoms with E-state index in [1.807, 2.05) is 34.0 Å². The second-order valence-corrected chi connectivity index (χ2v) is 4.61. The Morgan fingerprint density at radius 3 is 2.92 bits per heavy atom. The molecule has 0 N–H and O–H groups in total. The molecule has 13 heavy (non-hydrogen) atoms. The van der Waals surface area contributed by atoms with Gasteiger partial charge in [0.2, 0.25) is 0 Å². The maximum atomic E-state index is 13.6. The van der Waals surface area contributed by atoms with Crippen molar-refractivity contribution >= 4 is 44.0 Å². The Bertz CT molecular complexity index is 452. The normalized spacial score (nSPS) is 10.7. The molecule has 0 aliphatic heterocycles. The summed E-state index contributed by atoms with van der Waals surface area (Å²) in [5, 5.41) is 2.42. The van der Waals surface area contributed by atoms with Gasteiger partial charge in [-0.1, -0.05) is 0 Å². The van der Waals surface area contributed by atoms with Gasteiger partial charge in [0.15, 0.2) is 0 Å². The molecule has 68 valence electrons. The van der Waals surface area contributed by atoms with Crippen molar-refractivity contribution in [1.29, 1.82) is 0 Å². The lowest BCUT2D eigenvalue weighted by Crippen LogP contribution is -1.85. The van der Waals surface area contributed by atoms with Crippen molar-refractivity contribution in [3.05, 3.63) is 26.9 Å². The Labute approximate surface area is 92.7 Å². The molecule has 4 heteroatoms. The third kappa shape index (κ3) is 1.42. The number of rotatable bonds is 1. The zero-order valence-electron chi connectivity index (χ0n) is 6.80. The van der Waals surface area contributed by atoms with Crippen LogP contribution in [0.2, 0.25) is 0 Å². The zero-order chi connectivity index (χ0) is 9.42. The maximum Gasteiger partial charge on any atom is 0.148 e. The highest BCUT2D eigenvalue weighted by atomic mass is 127. The molecular weight excluding hydrogens is 302 g/mol. The quantitative estimate of drug-likeness (QED) is 0.731. The van der Waals surface area contributed by atoms with Crippen LogP contribution in [0.1, 0.15) is 0 Å². The summed E-state index contributed by atoms with van der Waals surface area (Å²) >= 11 is 3.47. The van der Waals surface area contributed by atoms with Gasteiger partial charge in [-0.3, -0.25) is 0 Å². The smallest absolute Gasteiger partial charge is 0.148 e. The average molecular weight is 308 g/mol. The van der Waals surface area contributed by atoms with Crippen LogP contribution in [-0.2, 0) is 0 Å². The summed E-state index contributed by atoms with van der Waals surface area (Å²) in [6.07, 6.45) is 0. The van der Waals surface area contributed by atoms with Crippen LogP contribution in [0.4, 0.5) is 4.39 Å². The van der Waals surface area contributed by atoms with E-state index in [9.17, 15) is 4.39 Å². The van der Waals surface area contributed by atoms with E-state index in [-0.39, 0.29) is 5.82 Å². The van der Waals surface area contributed by atoms with Gasteiger partial charge in [0, 0.05) is 13.7 Å². The lowest BCUT2D eigenvalue weighted by molar-refractivity contribution is 0.419. The van der Waals surface area contributed by atoms with Crippen LogP contribution in [0.5, 0.6) is 5.75 Å². The van der Waals surface area contributed by atoms with E-state index in [2.05, 4.69) is 0 Å². The van der Waals surface area contributed by atoms with Crippen molar-refractivity contribution in [2.24, 2.45) is 0 Å². The SMILES string of the molecule is COc1csc2ccc(I)c(F)c12. The molecule has 0 bridgehead atoms. The number of hydrogen-bond donors (Lipinski definition) is 0. The molecule has 1 nitrogen and oxygen atoms in total. The Morgan fingerprint density at radius 1 is 1.46 bits per heavy atom. The molecule has 0 saturated heterocycles. The van der Waals surface area contributed by atoms with Crippen LogP contribution >= 0.6 is 33.9 Å². The first-order valence-electron chi connectivity index (χ1n) is 3.63. The van der Waals surface area contributed by atoms with E-state index in [0.29, 0.717) is 14.7 Å². The fourth-order valence-electron chi connectivity index (χ4n) is 1.19. The van der Waals surface area contributed by atoms with E-state index in [4.69, 9.17) is 4.74 Å². The minimum absolute atomic E-state index is 0.184. The van der Waals surface area contributed by atoms with Gasteiger partial charge in [-0.05, 0) is 34.7 Å². The predicted molar refractivity (Wildman–Crippen MR) is 61.1 cm³/mol. The minimum Gasteiger partial charge on any atom is -0.495 e. The number of thiophene rings is 1. The number of ether oxygens (including phenoxy) is 1. The first kappa shape index (κ1) is 9.21. The summed E-state index contributed by atoms with van der Waals surface area (Å²) in [4.78, 5) is 0. The average Bonchev–Trinajstić information content (AvgIpc) is 2.55. The van der Waals surface area contributed by atoms with E-state index < -0.39 is 0 Å². The standard InChI is InChI=1S/C9H6FIOS/c1-12-6-4-13-7-3-2-5(11)9(10)8(6)7/h2-4H,1H3. The van der Waals surface area contributed by atoms with Gasteiger partial charge < -0.3 is 4.74 Å². The van der Waals surface area contributed by atoms with E-state index in [1.165, 1.54) is 11.3 Å². The zero-order valence-corrected chi connectivity index (χ0v) is 9.78. The molecule has 0 radical (unpaired) electrons. The van der Waals surface area contributed by atoms with Crippen molar-refractivity contribution in [2.75, 3.05) is 7.11 Å². The van der Waals surface area contributed by atoms with Gasteiger partial charge >= 0.3 is 0 Å². The van der Waals surface area contributed by atoms with Gasteiger partial charge in [-0.25, -0.2) is 4.39 Å². The van der Waals surface area contributed by atoms with Crippen LogP contribution < -0.4 is 4.74 Å². The van der Waals surface area contributed by atoms with E-state index in [0.717, 1.165) is 4.70 Å². The molecule has 0 unspecified atom stereocenters. The molecule has 0 atom stereocenters. The van der Waals surface area contributed by atoms with Crippen molar-refractivity contribution in [3.63, 3.8) is 0 Å². The lowest BCUT2D eigenvalue weighted by atomic mass is 10.2. The highest BCUT2D eigenvalue weighted by Crippen LogP contribution is 2.35. The number of halogens is 2. The largest absolute Gasteiger partial charge is 0.495 e. The fraction of sp³-hybridized carbons (Fsp3) is 0.111. The molecule has 1 aromatic carbocycles. The topological polar surface area (TPSA) is 9.23 Å². The van der Waals surface area contributed by atoms with Crippen LogP contribution in [0.25, 0.3) is 10.1 Å². The van der Waals surface area contributed by atoms with Gasteiger partial charge in [0.05, 0.1) is 12.5 Å². The molecule has 1 aromatic heterocycles. The molecule has 0 aliphatic carbocycles. The predicted octanol–water partition coefficient (Wildman–Crippen LogP) is 3.65. The molecule has 0 fully saturated rings. The third-order valence-corrected chi connectivity index (χ3v) is 3.58. The van der Waals surface area contributed by atoms with Crippen molar-refractivity contribution < 1.29 is 9.13 Å². The molecule has 0 saturated carbocycles. The van der Waals surface area contributed by atoms with Crippen LogP contribution in [-0.4, -0.2) is 7.11 Å². The Kier molecular flexibility index (Phi) is 2.42. The molecule has 0 amide bonds. The molecule has 0 aliphatic rings. The Hall–Kier alpha value is -0.360. The van der Waals surface area contributed by atoms with Crippen LogP contribution in [0.3, 0.4) is 0 Å². The third-order valence-electron chi connectivity index (χ3n) is 1.82. The molecule has 0 spiro atoms. The van der Waals surface area contributed by atoms with Crippen molar-refractivity contribution in [2.45, 2.75) is 0 Å². The summed E-state index contributed by atoms with van der Waals surface area (Å²) in [6.45, 7) is 0. The van der Waals surface area contributed by atoms with Gasteiger partial charge in [0.25, 0.3) is 0 Å². The first-order chi connectivity index (χ1) is 6.24. The monoisotopic (exact) mass is 308 g/mol. The van der Waals surface area contributed by atoms with Gasteiger partial charge in [-0.2, -0.15) is 0 Å².